The summed E-state index contributed by atoms with van der Waals surface area (Å²) in [7, 11) is 0. The first kappa shape index (κ1) is 11.3. The third kappa shape index (κ3) is 2.18. The van der Waals surface area contributed by atoms with Crippen LogP contribution in [0.15, 0.2) is 12.1 Å². The number of hydrogen-bond acceptors (Lipinski definition) is 2. The van der Waals surface area contributed by atoms with Crippen LogP contribution in [-0.2, 0) is 4.79 Å². The third-order valence-corrected chi connectivity index (χ3v) is 2.64. The normalized spacial score (nSPS) is 12.6. The predicted molar refractivity (Wildman–Crippen MR) is 53.8 cm³/mol. The van der Waals surface area contributed by atoms with Gasteiger partial charge >= 0.3 is 5.97 Å². The molecule has 0 aromatic heterocycles. The summed E-state index contributed by atoms with van der Waals surface area (Å²) in [6.45, 7) is 1.71. The Morgan fingerprint density at radius 1 is 1.36 bits per heavy atom. The zero-order valence-corrected chi connectivity index (χ0v) is 8.80. The summed E-state index contributed by atoms with van der Waals surface area (Å²) in [6.07, 6.45) is -1.59. The minimum Gasteiger partial charge on any atom is -0.479 e. The number of aliphatic carboxylic acids is 1. The lowest BCUT2D eigenvalue weighted by Crippen LogP contribution is -2.10. The summed E-state index contributed by atoms with van der Waals surface area (Å²) in [6, 6.07) is 2.78. The van der Waals surface area contributed by atoms with Crippen molar-refractivity contribution in [3.05, 3.63) is 33.3 Å². The Morgan fingerprint density at radius 2 is 1.79 bits per heavy atom. The molecule has 0 aliphatic rings. The Morgan fingerprint density at radius 3 is 2.14 bits per heavy atom. The molecule has 0 amide bonds. The molecule has 1 atom stereocenters. The Kier molecular flexibility index (Phi) is 3.37. The van der Waals surface area contributed by atoms with Gasteiger partial charge in [-0.15, -0.1) is 0 Å². The maximum absolute atomic E-state index is 10.5. The van der Waals surface area contributed by atoms with Crippen LogP contribution in [0, 0.1) is 6.92 Å². The molecule has 3 nitrogen and oxygen atoms in total. The van der Waals surface area contributed by atoms with Gasteiger partial charge in [-0.05, 0) is 30.2 Å². The molecule has 0 bridgehead atoms. The number of benzene rings is 1. The molecule has 1 aromatic carbocycles. The summed E-state index contributed by atoms with van der Waals surface area (Å²) >= 11 is 11.6. The van der Waals surface area contributed by atoms with E-state index in [1.165, 1.54) is 12.1 Å². The van der Waals surface area contributed by atoms with Gasteiger partial charge in [0.15, 0.2) is 6.10 Å². The van der Waals surface area contributed by atoms with Gasteiger partial charge in [0.1, 0.15) is 0 Å². The second kappa shape index (κ2) is 4.17. The number of aliphatic hydroxyl groups excluding tert-OH is 1. The Balaban J connectivity index is 3.19. The lowest BCUT2D eigenvalue weighted by molar-refractivity contribution is -0.146. The second-order valence-corrected chi connectivity index (χ2v) is 3.66. The first-order valence-electron chi connectivity index (χ1n) is 3.80. The maximum atomic E-state index is 10.5. The molecule has 0 heterocycles. The topological polar surface area (TPSA) is 57.5 Å². The summed E-state index contributed by atoms with van der Waals surface area (Å²) in [5.41, 5.74) is 0.841. The lowest BCUT2D eigenvalue weighted by Gasteiger charge is -2.09. The number of carboxylic acids is 1. The zero-order chi connectivity index (χ0) is 10.9. The summed E-state index contributed by atoms with van der Waals surface area (Å²) in [5, 5.41) is 18.5. The highest BCUT2D eigenvalue weighted by atomic mass is 35.5. The van der Waals surface area contributed by atoms with E-state index in [4.69, 9.17) is 28.3 Å². The van der Waals surface area contributed by atoms with E-state index in [1.807, 2.05) is 0 Å². The van der Waals surface area contributed by atoms with Crippen LogP contribution in [0.5, 0.6) is 0 Å². The Hall–Kier alpha value is -0.770. The molecule has 14 heavy (non-hydrogen) atoms. The second-order valence-electron chi connectivity index (χ2n) is 2.85. The van der Waals surface area contributed by atoms with E-state index in [9.17, 15) is 9.90 Å². The van der Waals surface area contributed by atoms with Crippen LogP contribution in [0.2, 0.25) is 10.0 Å². The molecule has 0 saturated heterocycles. The van der Waals surface area contributed by atoms with Crippen molar-refractivity contribution < 1.29 is 15.0 Å². The number of aliphatic hydroxyl groups is 1. The highest BCUT2D eigenvalue weighted by Crippen LogP contribution is 2.28. The average Bonchev–Trinajstić information content (AvgIpc) is 2.12. The fraction of sp³-hybridized carbons (Fsp3) is 0.222. The van der Waals surface area contributed by atoms with Crippen LogP contribution in [0.4, 0.5) is 0 Å². The fourth-order valence-corrected chi connectivity index (χ4v) is 1.47. The number of carboxylic acid groups (broad SMARTS) is 1. The van der Waals surface area contributed by atoms with E-state index in [2.05, 4.69) is 0 Å². The predicted octanol–water partition coefficient (Wildman–Crippen LogP) is 2.42. The largest absolute Gasteiger partial charge is 0.479 e. The van der Waals surface area contributed by atoms with Gasteiger partial charge in [0.25, 0.3) is 0 Å². The molecule has 0 unspecified atom stereocenters. The fourth-order valence-electron chi connectivity index (χ4n) is 0.965. The first-order chi connectivity index (χ1) is 6.43. The van der Waals surface area contributed by atoms with Crippen LogP contribution in [0.3, 0.4) is 0 Å². The van der Waals surface area contributed by atoms with E-state index < -0.39 is 12.1 Å². The van der Waals surface area contributed by atoms with E-state index in [-0.39, 0.29) is 5.56 Å². The van der Waals surface area contributed by atoms with Gasteiger partial charge in [-0.1, -0.05) is 23.2 Å². The molecule has 76 valence electrons. The Labute approximate surface area is 90.9 Å². The number of rotatable bonds is 2. The molecule has 2 N–H and O–H groups in total. The highest BCUT2D eigenvalue weighted by molar-refractivity contribution is 6.36. The van der Waals surface area contributed by atoms with Gasteiger partial charge in [-0.25, -0.2) is 4.79 Å². The first-order valence-corrected chi connectivity index (χ1v) is 4.55. The zero-order valence-electron chi connectivity index (χ0n) is 7.29. The molecule has 0 radical (unpaired) electrons. The molecule has 0 saturated carbocycles. The molecule has 0 aliphatic heterocycles. The van der Waals surface area contributed by atoms with Gasteiger partial charge in [0, 0.05) is 10.0 Å². The smallest absolute Gasteiger partial charge is 0.337 e. The maximum Gasteiger partial charge on any atom is 0.337 e. The van der Waals surface area contributed by atoms with E-state index >= 15 is 0 Å². The monoisotopic (exact) mass is 234 g/mol. The average molecular weight is 235 g/mol. The van der Waals surface area contributed by atoms with Crippen molar-refractivity contribution in [1.29, 1.82) is 0 Å². The lowest BCUT2D eigenvalue weighted by atomic mass is 10.1. The standard InChI is InChI=1S/C9H8Cl2O3/c1-4-6(10)2-5(3-7(4)11)8(12)9(13)14/h2-3,8,12H,1H3,(H,13,14)/t8-/m0/s1. The number of carbonyl (C=O) groups is 1. The quantitative estimate of drug-likeness (QED) is 0.827. The summed E-state index contributed by atoms with van der Waals surface area (Å²) < 4.78 is 0. The van der Waals surface area contributed by atoms with Gasteiger partial charge in [0.2, 0.25) is 0 Å². The van der Waals surface area contributed by atoms with Crippen molar-refractivity contribution in [3.8, 4) is 0 Å². The van der Waals surface area contributed by atoms with E-state index in [1.54, 1.807) is 6.92 Å². The molecule has 0 spiro atoms. The van der Waals surface area contributed by atoms with Crippen LogP contribution in [0.1, 0.15) is 17.2 Å². The summed E-state index contributed by atoms with van der Waals surface area (Å²) in [5.74, 6) is -1.33. The van der Waals surface area contributed by atoms with Crippen LogP contribution in [-0.4, -0.2) is 16.2 Å². The van der Waals surface area contributed by atoms with Gasteiger partial charge in [-0.2, -0.15) is 0 Å². The van der Waals surface area contributed by atoms with Crippen LogP contribution >= 0.6 is 23.2 Å². The van der Waals surface area contributed by atoms with E-state index in [0.717, 1.165) is 0 Å². The van der Waals surface area contributed by atoms with Crippen molar-refractivity contribution in [1.82, 2.24) is 0 Å². The number of hydrogen-bond donors (Lipinski definition) is 2. The van der Waals surface area contributed by atoms with Crippen LogP contribution in [0.25, 0.3) is 0 Å². The van der Waals surface area contributed by atoms with Crippen LogP contribution < -0.4 is 0 Å². The number of halogens is 2. The van der Waals surface area contributed by atoms with Crippen molar-refractivity contribution in [2.24, 2.45) is 0 Å². The van der Waals surface area contributed by atoms with Gasteiger partial charge < -0.3 is 10.2 Å². The third-order valence-electron chi connectivity index (χ3n) is 1.85. The minimum atomic E-state index is -1.59. The Bertz CT molecular complexity index is 353. The molecule has 0 aliphatic carbocycles. The molecular weight excluding hydrogens is 227 g/mol. The SMILES string of the molecule is Cc1c(Cl)cc([C@H](O)C(=O)O)cc1Cl. The van der Waals surface area contributed by atoms with Crippen molar-refractivity contribution >= 4 is 29.2 Å². The highest BCUT2D eigenvalue weighted by Gasteiger charge is 2.17. The van der Waals surface area contributed by atoms with E-state index in [0.29, 0.717) is 15.6 Å². The molecule has 1 aromatic rings. The molecular formula is C9H8Cl2O3. The van der Waals surface area contributed by atoms with Crippen molar-refractivity contribution in [2.75, 3.05) is 0 Å². The molecule has 1 rings (SSSR count). The molecule has 0 fully saturated rings. The van der Waals surface area contributed by atoms with Gasteiger partial charge in [0.05, 0.1) is 0 Å². The van der Waals surface area contributed by atoms with Gasteiger partial charge in [-0.3, -0.25) is 0 Å². The minimum absolute atomic E-state index is 0.179. The van der Waals surface area contributed by atoms with Crippen molar-refractivity contribution in [3.63, 3.8) is 0 Å². The molecule has 5 heteroatoms. The van der Waals surface area contributed by atoms with Crippen molar-refractivity contribution in [2.45, 2.75) is 13.0 Å². The summed E-state index contributed by atoms with van der Waals surface area (Å²) in [4.78, 5) is 10.5.